The second kappa shape index (κ2) is 6.67. The lowest BCUT2D eigenvalue weighted by Gasteiger charge is -2.30. The van der Waals surface area contributed by atoms with Crippen LogP contribution < -0.4 is 5.73 Å². The molecule has 0 saturated carbocycles. The molecule has 2 rings (SSSR count). The molecule has 1 fully saturated rings. The minimum Gasteiger partial charge on any atom is -0.478 e. The maximum Gasteiger partial charge on any atom is 0.328 e. The monoisotopic (exact) mass is 294 g/mol. The number of primary amides is 1. The maximum absolute atomic E-state index is 11.3. The summed E-state index contributed by atoms with van der Waals surface area (Å²) < 4.78 is 0. The van der Waals surface area contributed by atoms with Crippen LogP contribution in [0.15, 0.2) is 17.5 Å². The number of hydrogen-bond acceptors (Lipinski definition) is 4. The molecule has 1 atom stereocenters. The zero-order valence-electron chi connectivity index (χ0n) is 11.1. The summed E-state index contributed by atoms with van der Waals surface area (Å²) in [6, 6.07) is 1.91. The van der Waals surface area contributed by atoms with E-state index in [-0.39, 0.29) is 11.8 Å². The third-order valence-corrected chi connectivity index (χ3v) is 4.38. The molecule has 108 valence electrons. The second-order valence-electron chi connectivity index (χ2n) is 4.95. The molecule has 0 radical (unpaired) electrons. The Morgan fingerprint density at radius 1 is 1.55 bits per heavy atom. The number of carbonyl (C=O) groups is 2. The van der Waals surface area contributed by atoms with Crippen molar-refractivity contribution in [1.82, 2.24) is 4.90 Å². The first kappa shape index (κ1) is 14.7. The van der Waals surface area contributed by atoms with Crippen molar-refractivity contribution in [1.29, 1.82) is 0 Å². The van der Waals surface area contributed by atoms with Gasteiger partial charge in [-0.05, 0) is 42.5 Å². The molecule has 1 aliphatic heterocycles. The van der Waals surface area contributed by atoms with Gasteiger partial charge in [-0.2, -0.15) is 0 Å². The Balaban J connectivity index is 2.01. The van der Waals surface area contributed by atoms with Crippen LogP contribution in [-0.4, -0.2) is 35.0 Å². The summed E-state index contributed by atoms with van der Waals surface area (Å²) in [6.07, 6.45) is 4.60. The van der Waals surface area contributed by atoms with Gasteiger partial charge in [-0.1, -0.05) is 0 Å². The molecule has 2 heterocycles. The molecule has 0 aliphatic carbocycles. The molecule has 1 aromatic rings. The van der Waals surface area contributed by atoms with Crippen molar-refractivity contribution in [3.05, 3.63) is 28.0 Å². The van der Waals surface area contributed by atoms with E-state index in [4.69, 9.17) is 10.8 Å². The van der Waals surface area contributed by atoms with Gasteiger partial charge in [0.1, 0.15) is 0 Å². The first-order chi connectivity index (χ1) is 9.56. The highest BCUT2D eigenvalue weighted by atomic mass is 32.1. The van der Waals surface area contributed by atoms with E-state index >= 15 is 0 Å². The number of thiophene rings is 1. The van der Waals surface area contributed by atoms with Crippen LogP contribution in [0, 0.1) is 5.92 Å². The summed E-state index contributed by atoms with van der Waals surface area (Å²) in [7, 11) is 0. The lowest BCUT2D eigenvalue weighted by molar-refractivity contribution is -0.131. The molecule has 3 N–H and O–H groups in total. The fourth-order valence-electron chi connectivity index (χ4n) is 2.42. The van der Waals surface area contributed by atoms with Crippen molar-refractivity contribution < 1.29 is 14.7 Å². The number of carbonyl (C=O) groups excluding carboxylic acids is 1. The SMILES string of the molecule is NC(=O)C1CCCN(Cc2sccc2C=CC(=O)O)C1. The average molecular weight is 294 g/mol. The highest BCUT2D eigenvalue weighted by Crippen LogP contribution is 2.24. The van der Waals surface area contributed by atoms with Gasteiger partial charge in [0, 0.05) is 24.0 Å². The zero-order chi connectivity index (χ0) is 14.5. The van der Waals surface area contributed by atoms with E-state index in [0.29, 0.717) is 6.54 Å². The molecule has 1 aliphatic rings. The van der Waals surface area contributed by atoms with E-state index in [9.17, 15) is 9.59 Å². The van der Waals surface area contributed by atoms with Crippen LogP contribution in [-0.2, 0) is 16.1 Å². The molecule has 0 spiro atoms. The van der Waals surface area contributed by atoms with Crippen LogP contribution in [0.25, 0.3) is 6.08 Å². The normalized spacial score (nSPS) is 20.3. The molecule has 6 heteroatoms. The number of nitrogens with two attached hydrogens (primary N) is 1. The summed E-state index contributed by atoms with van der Waals surface area (Å²) in [4.78, 5) is 25.2. The van der Waals surface area contributed by atoms with E-state index in [2.05, 4.69) is 4.90 Å². The van der Waals surface area contributed by atoms with Crippen LogP contribution in [0.3, 0.4) is 0 Å². The number of rotatable bonds is 5. The molecule has 5 nitrogen and oxygen atoms in total. The number of piperidine rings is 1. The molecule has 20 heavy (non-hydrogen) atoms. The Hall–Kier alpha value is -1.66. The first-order valence-corrected chi connectivity index (χ1v) is 7.43. The third kappa shape index (κ3) is 3.91. The number of carboxylic acids is 1. The van der Waals surface area contributed by atoms with Crippen molar-refractivity contribution in [3.63, 3.8) is 0 Å². The smallest absolute Gasteiger partial charge is 0.328 e. The molecule has 0 bridgehead atoms. The van der Waals surface area contributed by atoms with Gasteiger partial charge >= 0.3 is 5.97 Å². The Morgan fingerprint density at radius 2 is 2.35 bits per heavy atom. The minimum atomic E-state index is -0.950. The van der Waals surface area contributed by atoms with Gasteiger partial charge in [-0.15, -0.1) is 11.3 Å². The number of amides is 1. The Kier molecular flexibility index (Phi) is 4.92. The van der Waals surface area contributed by atoms with Crippen LogP contribution in [0.4, 0.5) is 0 Å². The highest BCUT2D eigenvalue weighted by molar-refractivity contribution is 7.10. The predicted molar refractivity (Wildman–Crippen MR) is 78.2 cm³/mol. The predicted octanol–water partition coefficient (Wildman–Crippen LogP) is 1.54. The van der Waals surface area contributed by atoms with Gasteiger partial charge in [-0.3, -0.25) is 9.69 Å². The van der Waals surface area contributed by atoms with Crippen LogP contribution >= 0.6 is 11.3 Å². The molecule has 1 unspecified atom stereocenters. The van der Waals surface area contributed by atoms with Crippen molar-refractivity contribution in [3.8, 4) is 0 Å². The quantitative estimate of drug-likeness (QED) is 0.807. The number of hydrogen-bond donors (Lipinski definition) is 2. The van der Waals surface area contributed by atoms with Crippen LogP contribution in [0.2, 0.25) is 0 Å². The minimum absolute atomic E-state index is 0.0678. The summed E-state index contributed by atoms with van der Waals surface area (Å²) >= 11 is 1.60. The zero-order valence-corrected chi connectivity index (χ0v) is 11.9. The van der Waals surface area contributed by atoms with Gasteiger partial charge in [0.2, 0.25) is 5.91 Å². The fourth-order valence-corrected chi connectivity index (χ4v) is 3.33. The standard InChI is InChI=1S/C14H18N2O3S/c15-14(19)11-2-1-6-16(8-11)9-12-10(5-7-20-12)3-4-13(17)18/h3-5,7,11H,1-2,6,8-9H2,(H2,15,19)(H,17,18). The van der Waals surface area contributed by atoms with Crippen LogP contribution in [0.1, 0.15) is 23.3 Å². The van der Waals surface area contributed by atoms with Gasteiger partial charge in [-0.25, -0.2) is 4.79 Å². The lowest BCUT2D eigenvalue weighted by atomic mass is 9.97. The van der Waals surface area contributed by atoms with Gasteiger partial charge in [0.15, 0.2) is 0 Å². The number of likely N-dealkylation sites (tertiary alicyclic amines) is 1. The Labute approximate surface area is 121 Å². The summed E-state index contributed by atoms with van der Waals surface area (Å²) in [5, 5.41) is 10.6. The van der Waals surface area contributed by atoms with E-state index in [1.165, 1.54) is 0 Å². The average Bonchev–Trinajstić information content (AvgIpc) is 2.84. The van der Waals surface area contributed by atoms with Gasteiger partial charge in [0.25, 0.3) is 0 Å². The molecular weight excluding hydrogens is 276 g/mol. The summed E-state index contributed by atoms with van der Waals surface area (Å²) in [6.45, 7) is 2.37. The first-order valence-electron chi connectivity index (χ1n) is 6.55. The largest absolute Gasteiger partial charge is 0.478 e. The van der Waals surface area contributed by atoms with Crippen molar-refractivity contribution in [2.45, 2.75) is 19.4 Å². The highest BCUT2D eigenvalue weighted by Gasteiger charge is 2.24. The number of carboxylic acid groups (broad SMARTS) is 1. The van der Waals surface area contributed by atoms with E-state index in [1.807, 2.05) is 11.4 Å². The number of aliphatic carboxylic acids is 1. The maximum atomic E-state index is 11.3. The van der Waals surface area contributed by atoms with Crippen LogP contribution in [0.5, 0.6) is 0 Å². The van der Waals surface area contributed by atoms with Crippen molar-refractivity contribution in [2.75, 3.05) is 13.1 Å². The molecule has 1 aromatic heterocycles. The Morgan fingerprint density at radius 3 is 3.05 bits per heavy atom. The summed E-state index contributed by atoms with van der Waals surface area (Å²) in [5.41, 5.74) is 6.30. The lowest BCUT2D eigenvalue weighted by Crippen LogP contribution is -2.40. The molecule has 0 aromatic carbocycles. The second-order valence-corrected chi connectivity index (χ2v) is 5.95. The van der Waals surface area contributed by atoms with Gasteiger partial charge in [0.05, 0.1) is 5.92 Å². The van der Waals surface area contributed by atoms with Gasteiger partial charge < -0.3 is 10.8 Å². The molecule has 1 amide bonds. The molecular formula is C14H18N2O3S. The van der Waals surface area contributed by atoms with E-state index in [1.54, 1.807) is 17.4 Å². The summed E-state index contributed by atoms with van der Waals surface area (Å²) in [5.74, 6) is -1.25. The van der Waals surface area contributed by atoms with Crippen molar-refractivity contribution >= 4 is 29.3 Å². The Bertz CT molecular complexity index is 524. The topological polar surface area (TPSA) is 83.6 Å². The third-order valence-electron chi connectivity index (χ3n) is 3.46. The van der Waals surface area contributed by atoms with Crippen molar-refractivity contribution in [2.24, 2.45) is 11.7 Å². The van der Waals surface area contributed by atoms with E-state index < -0.39 is 5.97 Å². The van der Waals surface area contributed by atoms with E-state index in [0.717, 1.165) is 42.4 Å². The number of nitrogens with zero attached hydrogens (tertiary/aromatic N) is 1. The molecule has 1 saturated heterocycles. The fraction of sp³-hybridized carbons (Fsp3) is 0.429.